The predicted molar refractivity (Wildman–Crippen MR) is 99.7 cm³/mol. The number of rotatable bonds is 6. The van der Waals surface area contributed by atoms with Crippen molar-refractivity contribution in [2.24, 2.45) is 0 Å². The highest BCUT2D eigenvalue weighted by molar-refractivity contribution is 8.03. The monoisotopic (exact) mass is 338 g/mol. The molecule has 0 aliphatic rings. The minimum atomic E-state index is 1.15. The van der Waals surface area contributed by atoms with E-state index in [-0.39, 0.29) is 0 Å². The first-order valence-electron chi connectivity index (χ1n) is 7.97. The second-order valence-corrected chi connectivity index (χ2v) is 9.10. The Bertz CT molecular complexity index is 563. The van der Waals surface area contributed by atoms with E-state index in [1.54, 1.807) is 20.9 Å². The average molecular weight is 339 g/mol. The Morgan fingerprint density at radius 2 is 1.05 bits per heavy atom. The summed E-state index contributed by atoms with van der Waals surface area (Å²) >= 11 is 6.06. The molecule has 0 aliphatic heterocycles. The summed E-state index contributed by atoms with van der Waals surface area (Å²) in [6, 6.07) is 0. The maximum atomic E-state index is 2.30. The van der Waals surface area contributed by atoms with Crippen LogP contribution in [-0.2, 0) is 25.7 Å². The number of hydrogen-bond donors (Lipinski definition) is 0. The molecule has 0 saturated heterocycles. The summed E-state index contributed by atoms with van der Waals surface area (Å²) in [5.74, 6) is 0. The zero-order chi connectivity index (χ0) is 15.6. The highest BCUT2D eigenvalue weighted by Gasteiger charge is 2.18. The number of thiophene rings is 2. The van der Waals surface area contributed by atoms with E-state index in [0.717, 1.165) is 25.7 Å². The lowest BCUT2D eigenvalue weighted by molar-refractivity contribution is 1.06. The van der Waals surface area contributed by atoms with Crippen molar-refractivity contribution in [3.8, 4) is 0 Å². The molecule has 0 unspecified atom stereocenters. The molecule has 0 atom stereocenters. The highest BCUT2D eigenvalue weighted by atomic mass is 32.2. The second kappa shape index (κ2) is 7.34. The molecule has 2 rings (SSSR count). The summed E-state index contributed by atoms with van der Waals surface area (Å²) in [5, 5.41) is 0. The van der Waals surface area contributed by atoms with Crippen molar-refractivity contribution in [3.05, 3.63) is 32.0 Å². The van der Waals surface area contributed by atoms with Gasteiger partial charge in [-0.25, -0.2) is 0 Å². The van der Waals surface area contributed by atoms with Gasteiger partial charge in [0.15, 0.2) is 0 Å². The molecule has 2 aromatic rings. The zero-order valence-corrected chi connectivity index (χ0v) is 16.5. The first-order chi connectivity index (χ1) is 10.1. The van der Waals surface area contributed by atoms with Gasteiger partial charge in [0.1, 0.15) is 0 Å². The molecule has 0 aliphatic carbocycles. The summed E-state index contributed by atoms with van der Waals surface area (Å²) in [6.45, 7) is 13.7. The summed E-state index contributed by atoms with van der Waals surface area (Å²) < 4.78 is 3.07. The fraction of sp³-hybridized carbons (Fsp3) is 0.556. The third kappa shape index (κ3) is 3.25. The van der Waals surface area contributed by atoms with Crippen molar-refractivity contribution in [1.29, 1.82) is 0 Å². The molecule has 0 aromatic carbocycles. The Labute approximate surface area is 142 Å². The van der Waals surface area contributed by atoms with Crippen LogP contribution in [-0.4, -0.2) is 0 Å². The molecule has 2 aromatic heterocycles. The summed E-state index contributed by atoms with van der Waals surface area (Å²) in [7, 11) is 0. The third-order valence-corrected chi connectivity index (χ3v) is 8.61. The molecule has 0 saturated carbocycles. The average Bonchev–Trinajstić information content (AvgIpc) is 2.95. The molecular formula is C18H26S3. The molecule has 21 heavy (non-hydrogen) atoms. The van der Waals surface area contributed by atoms with E-state index in [4.69, 9.17) is 0 Å². The van der Waals surface area contributed by atoms with Crippen LogP contribution < -0.4 is 0 Å². The molecule has 2 heterocycles. The minimum Gasteiger partial charge on any atom is -0.133 e. The summed E-state index contributed by atoms with van der Waals surface area (Å²) in [6.07, 6.45) is 4.62. The minimum absolute atomic E-state index is 1.15. The van der Waals surface area contributed by atoms with Gasteiger partial charge in [-0.1, -0.05) is 39.5 Å². The first-order valence-corrected chi connectivity index (χ1v) is 10.4. The van der Waals surface area contributed by atoms with Gasteiger partial charge in [-0.3, -0.25) is 0 Å². The van der Waals surface area contributed by atoms with Gasteiger partial charge in [0.25, 0.3) is 0 Å². The first kappa shape index (κ1) is 17.1. The molecule has 0 nitrogen and oxygen atoms in total. The third-order valence-electron chi connectivity index (χ3n) is 4.20. The fourth-order valence-corrected chi connectivity index (χ4v) is 7.62. The number of aryl methyl sites for hydroxylation is 2. The second-order valence-electron chi connectivity index (χ2n) is 5.35. The van der Waals surface area contributed by atoms with Crippen LogP contribution in [0, 0.1) is 13.8 Å². The van der Waals surface area contributed by atoms with Crippen LogP contribution >= 0.6 is 34.4 Å². The van der Waals surface area contributed by atoms with Crippen LogP contribution in [0.3, 0.4) is 0 Å². The van der Waals surface area contributed by atoms with Gasteiger partial charge in [-0.2, -0.15) is 0 Å². The van der Waals surface area contributed by atoms with Crippen molar-refractivity contribution in [1.82, 2.24) is 0 Å². The molecule has 0 spiro atoms. The summed E-state index contributed by atoms with van der Waals surface area (Å²) in [4.78, 5) is 3.13. The Morgan fingerprint density at radius 1 is 0.667 bits per heavy atom. The van der Waals surface area contributed by atoms with Crippen LogP contribution in [0.15, 0.2) is 8.42 Å². The van der Waals surface area contributed by atoms with Crippen LogP contribution in [0.4, 0.5) is 0 Å². The molecule has 116 valence electrons. The van der Waals surface area contributed by atoms with Gasteiger partial charge >= 0.3 is 0 Å². The molecule has 0 fully saturated rings. The van der Waals surface area contributed by atoms with E-state index in [1.165, 1.54) is 19.5 Å². The van der Waals surface area contributed by atoms with E-state index in [1.807, 2.05) is 34.4 Å². The van der Waals surface area contributed by atoms with E-state index in [0.29, 0.717) is 0 Å². The fourth-order valence-electron chi connectivity index (χ4n) is 2.89. The van der Waals surface area contributed by atoms with Gasteiger partial charge in [0.05, 0.1) is 8.42 Å². The van der Waals surface area contributed by atoms with Gasteiger partial charge in [0, 0.05) is 9.75 Å². The zero-order valence-electron chi connectivity index (χ0n) is 14.1. The number of hydrogen-bond acceptors (Lipinski definition) is 3. The lowest BCUT2D eigenvalue weighted by atomic mass is 10.1. The van der Waals surface area contributed by atoms with E-state index >= 15 is 0 Å². The predicted octanol–water partition coefficient (Wildman–Crippen LogP) is 6.83. The molecule has 0 radical (unpaired) electrons. The van der Waals surface area contributed by atoms with Crippen LogP contribution in [0.1, 0.15) is 59.7 Å². The Kier molecular flexibility index (Phi) is 5.98. The van der Waals surface area contributed by atoms with Crippen molar-refractivity contribution in [3.63, 3.8) is 0 Å². The summed E-state index contributed by atoms with van der Waals surface area (Å²) in [5.41, 5.74) is 6.23. The molecule has 0 bridgehead atoms. The van der Waals surface area contributed by atoms with E-state index < -0.39 is 0 Å². The Hall–Kier alpha value is -0.250. The Morgan fingerprint density at radius 3 is 1.33 bits per heavy atom. The van der Waals surface area contributed by atoms with Crippen molar-refractivity contribution < 1.29 is 0 Å². The maximum absolute atomic E-state index is 2.30. The SMILES string of the molecule is CCc1sc(Sc2sc(CC)c(C)c2CC)c(CC)c1C. The molecule has 0 amide bonds. The largest absolute Gasteiger partial charge is 0.133 e. The molecule has 0 N–H and O–H groups in total. The Balaban J connectivity index is 2.43. The van der Waals surface area contributed by atoms with Crippen molar-refractivity contribution in [2.75, 3.05) is 0 Å². The van der Waals surface area contributed by atoms with Crippen molar-refractivity contribution in [2.45, 2.75) is 75.6 Å². The standard InChI is InChI=1S/C18H26S3/c1-7-13-11(5)15(9-3)19-17(13)21-18-14(8-2)12(6)16(10-4)20-18/h7-10H2,1-6H3. The van der Waals surface area contributed by atoms with Crippen LogP contribution in [0.2, 0.25) is 0 Å². The van der Waals surface area contributed by atoms with E-state index in [9.17, 15) is 0 Å². The molecule has 3 heteroatoms. The maximum Gasteiger partial charge on any atom is 0.0692 e. The lowest BCUT2D eigenvalue weighted by Crippen LogP contribution is -1.86. The topological polar surface area (TPSA) is 0 Å². The normalized spacial score (nSPS) is 11.3. The van der Waals surface area contributed by atoms with Crippen molar-refractivity contribution >= 4 is 34.4 Å². The van der Waals surface area contributed by atoms with E-state index in [2.05, 4.69) is 41.5 Å². The highest BCUT2D eigenvalue weighted by Crippen LogP contribution is 2.45. The van der Waals surface area contributed by atoms with Gasteiger partial charge in [0.2, 0.25) is 0 Å². The van der Waals surface area contributed by atoms with Gasteiger partial charge in [-0.05, 0) is 61.8 Å². The lowest BCUT2D eigenvalue weighted by Gasteiger charge is -2.04. The van der Waals surface area contributed by atoms with Crippen LogP contribution in [0.5, 0.6) is 0 Å². The smallest absolute Gasteiger partial charge is 0.0692 e. The van der Waals surface area contributed by atoms with Crippen LogP contribution in [0.25, 0.3) is 0 Å². The van der Waals surface area contributed by atoms with Gasteiger partial charge in [-0.15, -0.1) is 22.7 Å². The quantitative estimate of drug-likeness (QED) is 0.556. The van der Waals surface area contributed by atoms with Gasteiger partial charge < -0.3 is 0 Å². The molecular weight excluding hydrogens is 312 g/mol.